The van der Waals surface area contributed by atoms with E-state index in [0.29, 0.717) is 19.3 Å². The number of hydrogen-bond acceptors (Lipinski definition) is 6. The molecule has 0 spiro atoms. The first-order valence-corrected chi connectivity index (χ1v) is 33.2. The van der Waals surface area contributed by atoms with Crippen molar-refractivity contribution < 1.29 is 28.6 Å². The predicted molar refractivity (Wildman–Crippen MR) is 339 cm³/mol. The Morgan fingerprint density at radius 1 is 0.269 bits per heavy atom. The summed E-state index contributed by atoms with van der Waals surface area (Å²) < 4.78 is 16.9. The molecule has 0 amide bonds. The molecule has 0 aliphatic rings. The lowest BCUT2D eigenvalue weighted by molar-refractivity contribution is -0.166. The fourth-order valence-corrected chi connectivity index (χ4v) is 9.45. The maximum absolute atomic E-state index is 12.9. The highest BCUT2D eigenvalue weighted by Crippen LogP contribution is 2.17. The number of hydrogen-bond donors (Lipinski definition) is 0. The Morgan fingerprint density at radius 2 is 0.526 bits per heavy atom. The van der Waals surface area contributed by atoms with Gasteiger partial charge in [0.05, 0.1) is 0 Å². The molecule has 0 aromatic carbocycles. The van der Waals surface area contributed by atoms with E-state index >= 15 is 0 Å². The van der Waals surface area contributed by atoms with Crippen LogP contribution < -0.4 is 0 Å². The third kappa shape index (κ3) is 63.2. The first-order chi connectivity index (χ1) is 38.5. The quantitative estimate of drug-likeness (QED) is 0.0261. The lowest BCUT2D eigenvalue weighted by Gasteiger charge is -2.18. The molecule has 0 heterocycles. The van der Waals surface area contributed by atoms with E-state index in [0.717, 1.165) is 89.9 Å². The summed E-state index contributed by atoms with van der Waals surface area (Å²) in [7, 11) is 0. The molecule has 0 fully saturated rings. The molecular formula is C72H124O6. The Balaban J connectivity index is 4.29. The Labute approximate surface area is 483 Å². The lowest BCUT2D eigenvalue weighted by Crippen LogP contribution is -2.30. The third-order valence-electron chi connectivity index (χ3n) is 14.3. The minimum Gasteiger partial charge on any atom is -0.462 e. The van der Waals surface area contributed by atoms with Gasteiger partial charge in [-0.25, -0.2) is 0 Å². The number of rotatable bonds is 60. The van der Waals surface area contributed by atoms with E-state index < -0.39 is 6.10 Å². The minimum absolute atomic E-state index is 0.0966. The number of unbranched alkanes of at least 4 members (excludes halogenated alkanes) is 33. The van der Waals surface area contributed by atoms with E-state index in [1.54, 1.807) is 0 Å². The number of carbonyl (C=O) groups excluding carboxylic acids is 3. The molecule has 0 aliphatic carbocycles. The molecule has 0 bridgehead atoms. The fourth-order valence-electron chi connectivity index (χ4n) is 9.45. The van der Waals surface area contributed by atoms with Crippen LogP contribution in [-0.4, -0.2) is 37.2 Å². The van der Waals surface area contributed by atoms with Gasteiger partial charge in [0.25, 0.3) is 0 Å². The van der Waals surface area contributed by atoms with Crippen molar-refractivity contribution in [2.45, 2.75) is 329 Å². The van der Waals surface area contributed by atoms with Crippen molar-refractivity contribution in [1.82, 2.24) is 0 Å². The normalized spacial score (nSPS) is 12.7. The fraction of sp³-hybridized carbons (Fsp3) is 0.736. The Morgan fingerprint density at radius 3 is 0.859 bits per heavy atom. The lowest BCUT2D eigenvalue weighted by atomic mass is 10.0. The van der Waals surface area contributed by atoms with Crippen LogP contribution in [0.5, 0.6) is 0 Å². The maximum atomic E-state index is 12.9. The van der Waals surface area contributed by atoms with Crippen LogP contribution in [0, 0.1) is 0 Å². The van der Waals surface area contributed by atoms with Crippen molar-refractivity contribution in [3.63, 3.8) is 0 Å². The highest BCUT2D eigenvalue weighted by Gasteiger charge is 2.19. The maximum Gasteiger partial charge on any atom is 0.306 e. The van der Waals surface area contributed by atoms with Gasteiger partial charge in [0.15, 0.2) is 6.10 Å². The van der Waals surface area contributed by atoms with Gasteiger partial charge in [-0.1, -0.05) is 317 Å². The molecule has 0 aromatic heterocycles. The molecule has 448 valence electrons. The van der Waals surface area contributed by atoms with Gasteiger partial charge < -0.3 is 14.2 Å². The first-order valence-electron chi connectivity index (χ1n) is 33.2. The topological polar surface area (TPSA) is 78.9 Å². The molecule has 0 radical (unpaired) electrons. The second-order valence-corrected chi connectivity index (χ2v) is 22.0. The van der Waals surface area contributed by atoms with E-state index in [4.69, 9.17) is 14.2 Å². The van der Waals surface area contributed by atoms with E-state index in [1.807, 2.05) is 6.08 Å². The highest BCUT2D eigenvalue weighted by molar-refractivity contribution is 5.71. The van der Waals surface area contributed by atoms with Crippen LogP contribution in [0.4, 0.5) is 0 Å². The molecule has 6 heteroatoms. The summed E-state index contributed by atoms with van der Waals surface area (Å²) in [5, 5.41) is 0. The molecule has 1 atom stereocenters. The summed E-state index contributed by atoms with van der Waals surface area (Å²) >= 11 is 0. The molecule has 0 N–H and O–H groups in total. The summed E-state index contributed by atoms with van der Waals surface area (Å²) in [6.45, 7) is 6.39. The zero-order chi connectivity index (χ0) is 56.4. The van der Waals surface area contributed by atoms with Gasteiger partial charge in [0.1, 0.15) is 13.2 Å². The van der Waals surface area contributed by atoms with Gasteiger partial charge in [0, 0.05) is 19.3 Å². The zero-order valence-corrected chi connectivity index (χ0v) is 51.4. The summed E-state index contributed by atoms with van der Waals surface area (Å²) in [6.07, 6.45) is 88.7. The summed E-state index contributed by atoms with van der Waals surface area (Å²) in [5.41, 5.74) is 0. The van der Waals surface area contributed by atoms with Crippen molar-refractivity contribution in [2.24, 2.45) is 0 Å². The van der Waals surface area contributed by atoms with Crippen LogP contribution >= 0.6 is 0 Å². The third-order valence-corrected chi connectivity index (χ3v) is 14.3. The second kappa shape index (κ2) is 65.8. The smallest absolute Gasteiger partial charge is 0.306 e. The van der Waals surface area contributed by atoms with Gasteiger partial charge in [0.2, 0.25) is 0 Å². The Hall–Kier alpha value is -3.67. The van der Waals surface area contributed by atoms with Gasteiger partial charge in [-0.05, 0) is 83.5 Å². The highest BCUT2D eigenvalue weighted by atomic mass is 16.6. The van der Waals surface area contributed by atoms with Crippen molar-refractivity contribution in [1.29, 1.82) is 0 Å². The average molecular weight is 1090 g/mol. The summed E-state index contributed by atoms with van der Waals surface area (Å²) in [5.74, 6) is -0.968. The van der Waals surface area contributed by atoms with Gasteiger partial charge in [-0.3, -0.25) is 14.4 Å². The second-order valence-electron chi connectivity index (χ2n) is 22.0. The number of carbonyl (C=O) groups is 3. The molecule has 0 aromatic rings. The summed E-state index contributed by atoms with van der Waals surface area (Å²) in [4.78, 5) is 38.3. The Kier molecular flexibility index (Phi) is 62.7. The van der Waals surface area contributed by atoms with Crippen LogP contribution in [0.3, 0.4) is 0 Å². The predicted octanol–water partition coefficient (Wildman–Crippen LogP) is 22.8. The molecule has 6 nitrogen and oxygen atoms in total. The van der Waals surface area contributed by atoms with Crippen LogP contribution in [0.2, 0.25) is 0 Å². The molecule has 0 rings (SSSR count). The van der Waals surface area contributed by atoms with E-state index in [9.17, 15) is 14.4 Å². The van der Waals surface area contributed by atoms with E-state index in [2.05, 4.69) is 112 Å². The van der Waals surface area contributed by atoms with Crippen molar-refractivity contribution >= 4 is 17.9 Å². The number of ether oxygens (including phenoxy) is 3. The monoisotopic (exact) mass is 1080 g/mol. The molecule has 0 saturated heterocycles. The number of allylic oxidation sites excluding steroid dienone is 16. The van der Waals surface area contributed by atoms with E-state index in [-0.39, 0.29) is 37.5 Å². The largest absolute Gasteiger partial charge is 0.462 e. The van der Waals surface area contributed by atoms with Crippen LogP contribution in [0.1, 0.15) is 323 Å². The minimum atomic E-state index is -0.806. The van der Waals surface area contributed by atoms with Crippen molar-refractivity contribution in [2.75, 3.05) is 13.2 Å². The van der Waals surface area contributed by atoms with Crippen molar-refractivity contribution in [3.8, 4) is 0 Å². The van der Waals surface area contributed by atoms with Crippen molar-refractivity contribution in [3.05, 3.63) is 97.2 Å². The molecule has 0 aliphatic heterocycles. The molecular weight excluding hydrogens is 961 g/mol. The zero-order valence-electron chi connectivity index (χ0n) is 51.4. The van der Waals surface area contributed by atoms with Crippen LogP contribution in [0.25, 0.3) is 0 Å². The SMILES string of the molecule is CC/C=C\C/C=C\C/C=C\C/C=C\CCCCCCCCCCCCCCCCC(=O)OCC(COC(=O)CC/C=C\C/C=C\C/C=C\C/C=C\CC)OC(=O)CCCCCCCCCCCCCCCCCCCCCC. The molecule has 78 heavy (non-hydrogen) atoms. The van der Waals surface area contributed by atoms with Crippen LogP contribution in [-0.2, 0) is 28.6 Å². The number of esters is 3. The average Bonchev–Trinajstić information content (AvgIpc) is 3.44. The standard InChI is InChI=1S/C72H124O6/c1-4-7-10-13-16-19-22-25-27-29-31-33-34-35-36-37-38-39-41-42-44-47-50-53-56-59-62-65-71(74)77-68-69(67-76-70(73)64-61-58-55-52-49-46-24-21-18-15-12-9-6-3)78-72(75)66-63-60-57-54-51-48-45-43-40-32-30-28-26-23-20-17-14-11-8-5-2/h7,9-10,12,16,18-19,21,25,27,31,33,46,49,55,58,69H,4-6,8,11,13-15,17,20,22-24,26,28-30,32,34-45,47-48,50-54,56-57,59-68H2,1-3H3/b10-7-,12-9-,19-16-,21-18-,27-25-,33-31-,49-46-,58-55-. The first kappa shape index (κ1) is 74.3. The Bertz CT molecular complexity index is 1530. The molecule has 0 saturated carbocycles. The van der Waals surface area contributed by atoms with Gasteiger partial charge >= 0.3 is 17.9 Å². The van der Waals surface area contributed by atoms with E-state index in [1.165, 1.54) is 186 Å². The van der Waals surface area contributed by atoms with Gasteiger partial charge in [-0.15, -0.1) is 0 Å². The van der Waals surface area contributed by atoms with Gasteiger partial charge in [-0.2, -0.15) is 0 Å². The molecule has 1 unspecified atom stereocenters. The summed E-state index contributed by atoms with van der Waals surface area (Å²) in [6, 6.07) is 0. The van der Waals surface area contributed by atoms with Crippen LogP contribution in [0.15, 0.2) is 97.2 Å².